The summed E-state index contributed by atoms with van der Waals surface area (Å²) >= 11 is 2.06. The Morgan fingerprint density at radius 1 is 0.449 bits per heavy atom. The molecule has 0 N–H and O–H groups in total. The first-order chi connectivity index (χ1) is 33.7. The van der Waals surface area contributed by atoms with Crippen molar-refractivity contribution >= 4 is 67.9 Å². The maximum absolute atomic E-state index is 2.64. The Balaban J connectivity index is 1.11. The quantitative estimate of drug-likeness (QED) is 0.162. The third-order valence-electron chi connectivity index (χ3n) is 15.5. The second kappa shape index (κ2) is 14.7. The highest BCUT2D eigenvalue weighted by Gasteiger charge is 2.57. The first kappa shape index (κ1) is 40.4. The van der Waals surface area contributed by atoms with Crippen LogP contribution in [0, 0.1) is 13.8 Å². The highest BCUT2D eigenvalue weighted by atomic mass is 32.1. The van der Waals surface area contributed by atoms with Gasteiger partial charge in [0, 0.05) is 43.7 Å². The fourth-order valence-electron chi connectivity index (χ4n) is 12.5. The Morgan fingerprint density at radius 3 is 1.71 bits per heavy atom. The Labute approximate surface area is 409 Å². The minimum atomic E-state index is -0.481. The fraction of sp³-hybridized carbons (Fsp3) is 0.108. The van der Waals surface area contributed by atoms with Crippen LogP contribution in [-0.2, 0) is 10.8 Å². The van der Waals surface area contributed by atoms with E-state index in [1.165, 1.54) is 127 Å². The summed E-state index contributed by atoms with van der Waals surface area (Å²) in [5.41, 5.74) is 27.8. The Kier molecular flexibility index (Phi) is 8.60. The lowest BCUT2D eigenvalue weighted by Gasteiger charge is -2.43. The van der Waals surface area contributed by atoms with Gasteiger partial charge in [0.15, 0.2) is 0 Å². The van der Waals surface area contributed by atoms with E-state index in [1.807, 2.05) is 0 Å². The van der Waals surface area contributed by atoms with Gasteiger partial charge in [-0.2, -0.15) is 0 Å². The van der Waals surface area contributed by atoms with E-state index in [2.05, 4.69) is 262 Å². The van der Waals surface area contributed by atoms with E-state index >= 15 is 0 Å². The summed E-state index contributed by atoms with van der Waals surface area (Å²) in [5, 5.41) is 0. The smallest absolute Gasteiger partial charge is 0.264 e. The first-order valence-corrected chi connectivity index (χ1v) is 25.2. The second-order valence-corrected chi connectivity index (χ2v) is 21.6. The topological polar surface area (TPSA) is 6.48 Å². The molecule has 0 saturated carbocycles. The van der Waals surface area contributed by atoms with Crippen LogP contribution in [0.1, 0.15) is 59.0 Å². The molecule has 9 aromatic carbocycles. The van der Waals surface area contributed by atoms with Crippen molar-refractivity contribution in [1.29, 1.82) is 0 Å². The normalized spacial score (nSPS) is 14.2. The standard InChI is InChI=1S/C65H49BN2S/c1-40-29-32-47(42-19-9-6-10-20-42)51(35-40)43-30-34-55-56(38-43)67(45-21-11-7-12-22-45)57-36-41(2)37-58-60(57)66(55)63-61(68(58)46-23-13-8-14-24-46)59-50-33-31-44(64(3,4)5)39-54(50)65(62(59)69-63)52-27-17-15-25-48(52)49-26-16-18-28-53(49)65/h6-39H,1-5H3. The van der Waals surface area contributed by atoms with Gasteiger partial charge >= 0.3 is 0 Å². The van der Waals surface area contributed by atoms with Gasteiger partial charge in [-0.25, -0.2) is 0 Å². The molecule has 0 fully saturated rings. The van der Waals surface area contributed by atoms with Crippen LogP contribution in [0.15, 0.2) is 206 Å². The number of hydrogen-bond donors (Lipinski definition) is 0. The molecule has 1 aromatic heterocycles. The molecule has 14 rings (SSSR count). The van der Waals surface area contributed by atoms with Crippen molar-refractivity contribution in [3.8, 4) is 44.5 Å². The van der Waals surface area contributed by atoms with Crippen molar-refractivity contribution in [2.75, 3.05) is 9.80 Å². The number of rotatable bonds is 4. The van der Waals surface area contributed by atoms with Gasteiger partial charge in [0.1, 0.15) is 0 Å². The van der Waals surface area contributed by atoms with Crippen LogP contribution in [0.4, 0.5) is 34.1 Å². The van der Waals surface area contributed by atoms with E-state index in [-0.39, 0.29) is 12.1 Å². The van der Waals surface area contributed by atoms with Crippen molar-refractivity contribution in [1.82, 2.24) is 0 Å². The Morgan fingerprint density at radius 2 is 1.04 bits per heavy atom. The molecule has 10 aromatic rings. The molecule has 0 unspecified atom stereocenters. The number of fused-ring (bicyclic) bond motifs is 15. The number of hydrogen-bond acceptors (Lipinski definition) is 3. The van der Waals surface area contributed by atoms with Gasteiger partial charge in [-0.15, -0.1) is 11.3 Å². The van der Waals surface area contributed by atoms with Crippen LogP contribution in [0.5, 0.6) is 0 Å². The highest BCUT2D eigenvalue weighted by molar-refractivity contribution is 7.30. The number of aryl methyl sites for hydroxylation is 2. The maximum atomic E-state index is 2.64. The average Bonchev–Trinajstić information content (AvgIpc) is 4.00. The van der Waals surface area contributed by atoms with Crippen molar-refractivity contribution < 1.29 is 0 Å². The molecule has 0 amide bonds. The summed E-state index contributed by atoms with van der Waals surface area (Å²) in [6.07, 6.45) is 0. The predicted octanol–water partition coefficient (Wildman–Crippen LogP) is 15.4. The van der Waals surface area contributed by atoms with Crippen LogP contribution < -0.4 is 25.5 Å². The van der Waals surface area contributed by atoms with Crippen LogP contribution in [-0.4, -0.2) is 6.71 Å². The molecule has 2 aliphatic heterocycles. The predicted molar refractivity (Wildman–Crippen MR) is 294 cm³/mol. The monoisotopic (exact) mass is 900 g/mol. The first-order valence-electron chi connectivity index (χ1n) is 24.4. The molecule has 69 heavy (non-hydrogen) atoms. The summed E-state index contributed by atoms with van der Waals surface area (Å²) in [5.74, 6) is 0. The van der Waals surface area contributed by atoms with E-state index in [1.54, 1.807) is 0 Å². The summed E-state index contributed by atoms with van der Waals surface area (Å²) < 4.78 is 1.40. The molecule has 4 aliphatic rings. The molecule has 4 heteroatoms. The number of nitrogens with zero attached hydrogens (tertiary/aromatic N) is 2. The molecule has 3 heterocycles. The third-order valence-corrected chi connectivity index (χ3v) is 16.8. The van der Waals surface area contributed by atoms with E-state index in [0.717, 1.165) is 5.69 Å². The third kappa shape index (κ3) is 5.61. The summed E-state index contributed by atoms with van der Waals surface area (Å²) in [4.78, 5) is 6.62. The molecule has 0 radical (unpaired) electrons. The average molecular weight is 901 g/mol. The Hall–Kier alpha value is -7.66. The zero-order chi connectivity index (χ0) is 46.3. The summed E-state index contributed by atoms with van der Waals surface area (Å²) in [6.45, 7) is 11.5. The lowest BCUT2D eigenvalue weighted by Crippen LogP contribution is -2.60. The largest absolute Gasteiger partial charge is 0.311 e. The summed E-state index contributed by atoms with van der Waals surface area (Å²) in [6, 6.07) is 78.2. The van der Waals surface area contributed by atoms with E-state index in [0.29, 0.717) is 0 Å². The number of benzene rings is 9. The van der Waals surface area contributed by atoms with E-state index in [9.17, 15) is 0 Å². The molecular weight excluding hydrogens is 852 g/mol. The number of thiophene rings is 1. The van der Waals surface area contributed by atoms with Crippen molar-refractivity contribution in [2.24, 2.45) is 0 Å². The van der Waals surface area contributed by atoms with Gasteiger partial charge in [-0.1, -0.05) is 190 Å². The van der Waals surface area contributed by atoms with Gasteiger partial charge < -0.3 is 9.80 Å². The number of para-hydroxylation sites is 2. The van der Waals surface area contributed by atoms with Crippen molar-refractivity contribution in [3.05, 3.63) is 245 Å². The van der Waals surface area contributed by atoms with Crippen LogP contribution in [0.25, 0.3) is 44.5 Å². The molecule has 328 valence electrons. The SMILES string of the molecule is Cc1ccc(-c2ccccc2)c(-c2ccc3c(c2)N(c2ccccc2)c2cc(C)cc4c2B3c2sc3c(c2N4c2ccccc2)-c2ccc(C(C)(C)C)cc2C32c3ccccc3-c3ccccc32)c1. The molecule has 1 spiro atoms. The van der Waals surface area contributed by atoms with Gasteiger partial charge in [0.25, 0.3) is 6.71 Å². The van der Waals surface area contributed by atoms with Crippen molar-refractivity contribution in [3.63, 3.8) is 0 Å². The van der Waals surface area contributed by atoms with Crippen LogP contribution in [0.2, 0.25) is 0 Å². The molecule has 0 bridgehead atoms. The zero-order valence-electron chi connectivity index (χ0n) is 39.5. The summed E-state index contributed by atoms with van der Waals surface area (Å²) in [7, 11) is 0. The van der Waals surface area contributed by atoms with E-state index in [4.69, 9.17) is 0 Å². The molecule has 2 nitrogen and oxygen atoms in total. The van der Waals surface area contributed by atoms with Gasteiger partial charge in [-0.05, 0) is 139 Å². The lowest BCUT2D eigenvalue weighted by molar-refractivity contribution is 0.588. The minimum Gasteiger partial charge on any atom is -0.311 e. The maximum Gasteiger partial charge on any atom is 0.264 e. The zero-order valence-corrected chi connectivity index (χ0v) is 40.3. The molecular formula is C65H49BN2S. The van der Waals surface area contributed by atoms with Crippen LogP contribution in [0.3, 0.4) is 0 Å². The van der Waals surface area contributed by atoms with Crippen LogP contribution >= 0.6 is 11.3 Å². The highest BCUT2D eigenvalue weighted by Crippen LogP contribution is 2.67. The minimum absolute atomic E-state index is 0.0162. The molecule has 0 saturated heterocycles. The van der Waals surface area contributed by atoms with E-state index < -0.39 is 5.41 Å². The molecule has 2 aliphatic carbocycles. The van der Waals surface area contributed by atoms with Gasteiger partial charge in [0.2, 0.25) is 0 Å². The Bertz CT molecular complexity index is 3710. The lowest BCUT2D eigenvalue weighted by atomic mass is 9.36. The van der Waals surface area contributed by atoms with Gasteiger partial charge in [0.05, 0.1) is 11.1 Å². The second-order valence-electron chi connectivity index (χ2n) is 20.6. The molecule has 0 atom stereocenters. The number of anilines is 6. The fourth-order valence-corrected chi connectivity index (χ4v) is 14.2. The van der Waals surface area contributed by atoms with Gasteiger partial charge in [-0.3, -0.25) is 0 Å². The van der Waals surface area contributed by atoms with Crippen molar-refractivity contribution in [2.45, 2.75) is 45.4 Å².